The van der Waals surface area contributed by atoms with Gasteiger partial charge in [0, 0.05) is 0 Å². The van der Waals surface area contributed by atoms with Crippen LogP contribution >= 0.6 is 0 Å². The van der Waals surface area contributed by atoms with E-state index < -0.39 is 34.6 Å². The van der Waals surface area contributed by atoms with Gasteiger partial charge in [0.15, 0.2) is 0 Å². The zero-order valence-corrected chi connectivity index (χ0v) is 7.01. The maximum atomic E-state index is 8.61. The third kappa shape index (κ3) is 41.0. The second-order valence-corrected chi connectivity index (χ2v) is 1.51. The van der Waals surface area contributed by atoms with Crippen molar-refractivity contribution in [2.75, 3.05) is 0 Å². The first-order chi connectivity index (χ1) is 2.73. The molecular weight excluding hydrogens is 377 g/mol. The van der Waals surface area contributed by atoms with Gasteiger partial charge >= 0.3 is 75.6 Å². The van der Waals surface area contributed by atoms with E-state index >= 15 is 0 Å². The van der Waals surface area contributed by atoms with Crippen LogP contribution in [0.5, 0.6) is 0 Å². The van der Waals surface area contributed by atoms with Crippen LogP contribution in [0.2, 0.25) is 0 Å². The molecule has 0 N–H and O–H groups in total. The van der Waals surface area contributed by atoms with Gasteiger partial charge in [-0.05, 0) is 0 Å². The first kappa shape index (κ1) is 10.7. The molecule has 6 heavy (non-hydrogen) atoms. The van der Waals surface area contributed by atoms with Gasteiger partial charge < -0.3 is 0 Å². The van der Waals surface area contributed by atoms with Crippen LogP contribution in [0.3, 0.4) is 0 Å². The summed E-state index contributed by atoms with van der Waals surface area (Å²) in [7, 11) is 0. The summed E-state index contributed by atoms with van der Waals surface area (Å²) in [5.74, 6) is 0. The molecule has 0 atom stereocenters. The van der Waals surface area contributed by atoms with Gasteiger partial charge in [-0.1, -0.05) is 0 Å². The van der Waals surface area contributed by atoms with Crippen molar-refractivity contribution in [2.24, 2.45) is 0 Å². The Morgan fingerprint density at radius 1 is 1.00 bits per heavy atom. The van der Waals surface area contributed by atoms with Crippen molar-refractivity contribution in [3.05, 3.63) is 0 Å². The third-order valence-electron chi connectivity index (χ3n) is 0. The summed E-state index contributed by atoms with van der Waals surface area (Å²) in [6.45, 7) is 0. The van der Waals surface area contributed by atoms with Crippen LogP contribution in [0.15, 0.2) is 0 Å². The van der Waals surface area contributed by atoms with Gasteiger partial charge in [0.1, 0.15) is 0 Å². The van der Waals surface area contributed by atoms with Gasteiger partial charge in [-0.2, -0.15) is 0 Å². The van der Waals surface area contributed by atoms with Crippen LogP contribution in [0.1, 0.15) is 0 Å². The Kier molecular flexibility index (Phi) is 17.8. The molecule has 0 aromatic carbocycles. The summed E-state index contributed by atoms with van der Waals surface area (Å²) in [5, 5.41) is 0. The minimum atomic E-state index is -4.28. The second-order valence-electron chi connectivity index (χ2n) is 0.204. The van der Waals surface area contributed by atoms with E-state index in [1.165, 1.54) is 0 Å². The van der Waals surface area contributed by atoms with Gasteiger partial charge in [0.05, 0.1) is 0 Å². The van der Waals surface area contributed by atoms with Crippen molar-refractivity contribution in [1.82, 2.24) is 0 Å². The van der Waals surface area contributed by atoms with Crippen molar-refractivity contribution in [3.63, 3.8) is 0 Å². The number of rotatable bonds is 0. The number of hydrogen-bond donors (Lipinski definition) is 0. The monoisotopic (exact) mass is 380 g/mol. The molecule has 0 aliphatic rings. The van der Waals surface area contributed by atoms with Crippen LogP contribution in [-0.2, 0) is 4.70 Å². The predicted molar refractivity (Wildman–Crippen MR) is 2.75 cm³/mol. The number of hydrogen-bond acceptors (Lipinski definition) is 4. The van der Waals surface area contributed by atoms with Crippen molar-refractivity contribution in [2.45, 2.75) is 0 Å². The van der Waals surface area contributed by atoms with Crippen molar-refractivity contribution in [3.8, 4) is 0 Å². The molecule has 4 nitrogen and oxygen atoms in total. The van der Waals surface area contributed by atoms with Gasteiger partial charge in [0.25, 0.3) is 0 Å². The molecule has 0 aliphatic heterocycles. The van der Waals surface area contributed by atoms with Crippen LogP contribution < -0.4 is 0 Å². The summed E-state index contributed by atoms with van der Waals surface area (Å²) in [6.07, 6.45) is 0. The van der Waals surface area contributed by atoms with E-state index in [1.54, 1.807) is 0 Å². The van der Waals surface area contributed by atoms with E-state index in [1.807, 2.05) is 0 Å². The van der Waals surface area contributed by atoms with Crippen molar-refractivity contribution < 1.29 is 75.6 Å². The van der Waals surface area contributed by atoms with Gasteiger partial charge in [0.2, 0.25) is 0 Å². The molecule has 6 heteroatoms. The average molecular weight is 377 g/mol. The Hall–Kier alpha value is 1.81. The van der Waals surface area contributed by atoms with E-state index in [2.05, 4.69) is 0 Å². The fraction of sp³-hybridized carbons (Fsp3) is 0. The predicted octanol–water partition coefficient (Wildman–Crippen LogP) is -0.475. The standard InChI is InChI=1S/Dy.4O.Sm. The summed E-state index contributed by atoms with van der Waals surface area (Å²) in [5.41, 5.74) is 0. The van der Waals surface area contributed by atoms with Crippen molar-refractivity contribution in [1.29, 1.82) is 0 Å². The summed E-state index contributed by atoms with van der Waals surface area (Å²) in [4.78, 5) is 0. The Bertz CT molecular complexity index is 87.7. The van der Waals surface area contributed by atoms with Crippen LogP contribution in [0.4, 0.5) is 0 Å². The topological polar surface area (TPSA) is 68.3 Å². The summed E-state index contributed by atoms with van der Waals surface area (Å²) in [6, 6.07) is 0. The third-order valence-corrected chi connectivity index (χ3v) is 0. The molecule has 40 valence electrons. The van der Waals surface area contributed by atoms with Crippen molar-refractivity contribution >= 4 is 0 Å². The Balaban J connectivity index is 0. The Morgan fingerprint density at radius 3 is 1.00 bits per heavy atom. The van der Waals surface area contributed by atoms with Crippen LogP contribution in [0, 0.1) is 70.9 Å². The van der Waals surface area contributed by atoms with Gasteiger partial charge in [-0.3, -0.25) is 0 Å². The normalized spacial score (nSPS) is 5.00. The molecule has 0 spiro atoms. The summed E-state index contributed by atoms with van der Waals surface area (Å²) >= 11 is -3.39. The SMILES string of the molecule is [O]=[Dy].[O]=[Sm](=[O])=[O]. The first-order valence-corrected chi connectivity index (χ1v) is 4.67. The van der Waals surface area contributed by atoms with Crippen LogP contribution in [-0.4, -0.2) is 0 Å². The molecule has 0 saturated carbocycles. The molecule has 0 aromatic heterocycles. The zero-order valence-electron chi connectivity index (χ0n) is 2.36. The molecule has 0 aromatic rings. The molecule has 0 unspecified atom stereocenters. The van der Waals surface area contributed by atoms with Crippen LogP contribution in [0.25, 0.3) is 0 Å². The second kappa shape index (κ2) is 9.94. The van der Waals surface area contributed by atoms with E-state index in [0.29, 0.717) is 0 Å². The first-order valence-electron chi connectivity index (χ1n) is 0.629. The molecule has 0 amide bonds. The molecule has 0 aliphatic carbocycles. The molecule has 0 radical (unpaired) electrons. The molecular formula is DyO4Sm. The van der Waals surface area contributed by atoms with Gasteiger partial charge in [-0.15, -0.1) is 0 Å². The van der Waals surface area contributed by atoms with E-state index in [0.717, 1.165) is 36.3 Å². The molecule has 0 heterocycles. The molecule has 0 fully saturated rings. The minimum absolute atomic E-state index is 0.889. The molecule has 0 rings (SSSR count). The maximum absolute atomic E-state index is 8.61. The van der Waals surface area contributed by atoms with Gasteiger partial charge in [-0.25, -0.2) is 0 Å². The molecule has 0 saturated heterocycles. The zero-order chi connectivity index (χ0) is 5.58. The van der Waals surface area contributed by atoms with E-state index in [9.17, 15) is 0 Å². The fourth-order valence-corrected chi connectivity index (χ4v) is 0. The fourth-order valence-electron chi connectivity index (χ4n) is 0. The summed E-state index contributed by atoms with van der Waals surface area (Å²) < 4.78 is 34.1. The van der Waals surface area contributed by atoms with E-state index in [4.69, 9.17) is 4.70 Å². The quantitative estimate of drug-likeness (QED) is 0.573. The Morgan fingerprint density at radius 2 is 1.00 bits per heavy atom. The average Bonchev–Trinajstić information content (AvgIpc) is 1.41. The Labute approximate surface area is 73.5 Å². The van der Waals surface area contributed by atoms with E-state index in [-0.39, 0.29) is 0 Å². The molecule has 0 bridgehead atoms.